The first-order valence-electron chi connectivity index (χ1n) is 10.7. The lowest BCUT2D eigenvalue weighted by Gasteiger charge is -2.39. The number of esters is 3. The summed E-state index contributed by atoms with van der Waals surface area (Å²) in [7, 11) is 3.95. The Morgan fingerprint density at radius 1 is 0.882 bits per heavy atom. The van der Waals surface area contributed by atoms with Gasteiger partial charge in [0.1, 0.15) is 5.75 Å². The lowest BCUT2D eigenvalue weighted by Crippen LogP contribution is -2.55. The van der Waals surface area contributed by atoms with Gasteiger partial charge in [-0.1, -0.05) is 12.1 Å². The molecule has 4 atom stereocenters. The van der Waals surface area contributed by atoms with Crippen LogP contribution in [-0.4, -0.2) is 66.5 Å². The number of carbonyl (C=O) groups is 3. The molecular weight excluding hydrogens is 460 g/mol. The van der Waals surface area contributed by atoms with E-state index in [0.717, 1.165) is 16.8 Å². The number of carbonyl (C=O) groups excluding carboxylic acids is 3. The molecule has 1 saturated heterocycles. The predicted molar refractivity (Wildman–Crippen MR) is 128 cm³/mol. The molecule has 2 aromatic rings. The minimum atomic E-state index is -1.01. The maximum absolute atomic E-state index is 11.8. The van der Waals surface area contributed by atoms with Crippen LogP contribution in [0.2, 0.25) is 0 Å². The van der Waals surface area contributed by atoms with Crippen LogP contribution in [0, 0.1) is 0 Å². The highest BCUT2D eigenvalue weighted by atomic mass is 32.2. The van der Waals surface area contributed by atoms with E-state index in [1.807, 2.05) is 49.3 Å². The molecule has 0 unspecified atom stereocenters. The fraction of sp³-hybridized carbons (Fsp3) is 0.417. The van der Waals surface area contributed by atoms with Crippen LogP contribution in [0.25, 0.3) is 11.1 Å². The second kappa shape index (κ2) is 11.2. The second-order valence-corrected chi connectivity index (χ2v) is 9.10. The Morgan fingerprint density at radius 2 is 1.50 bits per heavy atom. The number of pyridine rings is 1. The van der Waals surface area contributed by atoms with Crippen LogP contribution in [0.3, 0.4) is 0 Å². The Kier molecular flexibility index (Phi) is 8.38. The van der Waals surface area contributed by atoms with E-state index in [1.165, 1.54) is 32.5 Å². The van der Waals surface area contributed by atoms with Crippen molar-refractivity contribution in [3.8, 4) is 16.9 Å². The molecule has 0 radical (unpaired) electrons. The van der Waals surface area contributed by atoms with E-state index >= 15 is 0 Å². The molecule has 0 saturated carbocycles. The molecule has 0 N–H and O–H groups in total. The Morgan fingerprint density at radius 3 is 2.09 bits per heavy atom. The highest BCUT2D eigenvalue weighted by Gasteiger charge is 2.47. The average Bonchev–Trinajstić information content (AvgIpc) is 2.77. The fourth-order valence-corrected chi connectivity index (χ4v) is 4.75. The smallest absolute Gasteiger partial charge is 0.303 e. The molecule has 1 aromatic carbocycles. The van der Waals surface area contributed by atoms with Gasteiger partial charge in [-0.25, -0.2) is 0 Å². The zero-order valence-corrected chi connectivity index (χ0v) is 20.5. The third-order valence-corrected chi connectivity index (χ3v) is 6.20. The summed E-state index contributed by atoms with van der Waals surface area (Å²) in [6, 6.07) is 9.84. The van der Waals surface area contributed by atoms with Crippen LogP contribution in [0.15, 0.2) is 42.7 Å². The Bertz CT molecular complexity index is 1030. The van der Waals surface area contributed by atoms with Gasteiger partial charge in [0.15, 0.2) is 23.7 Å². The lowest BCUT2D eigenvalue weighted by molar-refractivity contribution is -0.186. The van der Waals surface area contributed by atoms with Gasteiger partial charge in [0.2, 0.25) is 0 Å². The molecule has 9 nitrogen and oxygen atoms in total. The molecule has 0 aliphatic carbocycles. The summed E-state index contributed by atoms with van der Waals surface area (Å²) in [5.41, 5.74) is 2.17. The molecule has 1 fully saturated rings. The quantitative estimate of drug-likeness (QED) is 0.427. The highest BCUT2D eigenvalue weighted by Crippen LogP contribution is 2.35. The van der Waals surface area contributed by atoms with Crippen molar-refractivity contribution >= 4 is 35.4 Å². The van der Waals surface area contributed by atoms with Gasteiger partial charge < -0.3 is 23.8 Å². The standard InChI is InChI=1S/C24H28N2O7S/c1-14(27)30-21-13-34-24(23(32-16(3)29)22(21)31-15(2)28)33-20-10-18(11-25-12-20)17-6-8-19(9-7-17)26(4)5/h6-12,21-24H,13H2,1-5H3/t21-,22+,23-,24+/m1/s1. The highest BCUT2D eigenvalue weighted by molar-refractivity contribution is 7.99. The number of hydrogen-bond donors (Lipinski definition) is 0. The largest absolute Gasteiger partial charge is 0.474 e. The van der Waals surface area contributed by atoms with Gasteiger partial charge in [-0.05, 0) is 23.8 Å². The summed E-state index contributed by atoms with van der Waals surface area (Å²) >= 11 is 1.29. The van der Waals surface area contributed by atoms with Crippen molar-refractivity contribution in [2.75, 3.05) is 24.7 Å². The van der Waals surface area contributed by atoms with E-state index in [1.54, 1.807) is 12.4 Å². The van der Waals surface area contributed by atoms with Gasteiger partial charge in [0.25, 0.3) is 0 Å². The van der Waals surface area contributed by atoms with Crippen molar-refractivity contribution in [3.05, 3.63) is 42.7 Å². The molecule has 0 amide bonds. The molecule has 1 aliphatic rings. The SMILES string of the molecule is CC(=O)O[C@@H]1[C@@H](OC(C)=O)[C@@H](Oc2cncc(-c3ccc(N(C)C)cc3)c2)SC[C@H]1OC(C)=O. The number of nitrogens with zero attached hydrogens (tertiary/aromatic N) is 2. The average molecular weight is 489 g/mol. The van der Waals surface area contributed by atoms with Crippen LogP contribution >= 0.6 is 11.8 Å². The van der Waals surface area contributed by atoms with Gasteiger partial charge in [0, 0.05) is 58.1 Å². The number of aromatic nitrogens is 1. The first kappa shape index (κ1) is 25.4. The Labute approximate surface area is 202 Å². The minimum Gasteiger partial charge on any atom is -0.474 e. The van der Waals surface area contributed by atoms with Gasteiger partial charge in [-0.2, -0.15) is 0 Å². The molecule has 3 rings (SSSR count). The van der Waals surface area contributed by atoms with Crippen LogP contribution < -0.4 is 9.64 Å². The molecule has 2 heterocycles. The van der Waals surface area contributed by atoms with Gasteiger partial charge in [0.05, 0.1) is 6.20 Å². The number of rotatable bonds is 7. The van der Waals surface area contributed by atoms with Gasteiger partial charge in [-0.3, -0.25) is 19.4 Å². The Hall–Kier alpha value is -3.27. The van der Waals surface area contributed by atoms with Crippen molar-refractivity contribution in [2.45, 2.75) is 44.5 Å². The number of thioether (sulfide) groups is 1. The topological polar surface area (TPSA) is 104 Å². The van der Waals surface area contributed by atoms with Gasteiger partial charge >= 0.3 is 17.9 Å². The maximum atomic E-state index is 11.8. The monoisotopic (exact) mass is 488 g/mol. The van der Waals surface area contributed by atoms with E-state index in [0.29, 0.717) is 11.5 Å². The summed E-state index contributed by atoms with van der Waals surface area (Å²) in [5.74, 6) is -0.946. The minimum absolute atomic E-state index is 0.291. The molecule has 0 bridgehead atoms. The summed E-state index contributed by atoms with van der Waals surface area (Å²) in [4.78, 5) is 41.4. The van der Waals surface area contributed by atoms with E-state index in [-0.39, 0.29) is 0 Å². The summed E-state index contributed by atoms with van der Waals surface area (Å²) in [6.07, 6.45) is 0.504. The van der Waals surface area contributed by atoms with Crippen molar-refractivity contribution in [1.82, 2.24) is 4.98 Å². The number of ether oxygens (including phenoxy) is 4. The van der Waals surface area contributed by atoms with Gasteiger partial charge in [-0.15, -0.1) is 11.8 Å². The van der Waals surface area contributed by atoms with E-state index in [2.05, 4.69) is 4.98 Å². The molecular formula is C24H28N2O7S. The summed E-state index contributed by atoms with van der Waals surface area (Å²) in [5, 5.41) is 0. The molecule has 1 aromatic heterocycles. The fourth-order valence-electron chi connectivity index (χ4n) is 3.54. The van der Waals surface area contributed by atoms with Crippen molar-refractivity contribution < 1.29 is 33.3 Å². The first-order valence-corrected chi connectivity index (χ1v) is 11.7. The first-order chi connectivity index (χ1) is 16.1. The third-order valence-electron chi connectivity index (χ3n) is 4.99. The third kappa shape index (κ3) is 6.63. The van der Waals surface area contributed by atoms with E-state index in [4.69, 9.17) is 18.9 Å². The van der Waals surface area contributed by atoms with Crippen LogP contribution in [0.1, 0.15) is 20.8 Å². The van der Waals surface area contributed by atoms with Crippen LogP contribution in [0.5, 0.6) is 5.75 Å². The summed E-state index contributed by atoms with van der Waals surface area (Å²) in [6.45, 7) is 3.75. The van der Waals surface area contributed by atoms with Crippen LogP contribution in [-0.2, 0) is 28.6 Å². The number of benzene rings is 1. The molecule has 1 aliphatic heterocycles. The maximum Gasteiger partial charge on any atom is 0.303 e. The van der Waals surface area contributed by atoms with Crippen LogP contribution in [0.4, 0.5) is 5.69 Å². The zero-order valence-electron chi connectivity index (χ0n) is 19.7. The lowest BCUT2D eigenvalue weighted by atomic mass is 10.1. The summed E-state index contributed by atoms with van der Waals surface area (Å²) < 4.78 is 22.3. The predicted octanol–water partition coefficient (Wildman–Crippen LogP) is 3.06. The van der Waals surface area contributed by atoms with Crippen molar-refractivity contribution in [2.24, 2.45) is 0 Å². The van der Waals surface area contributed by atoms with Crippen molar-refractivity contribution in [3.63, 3.8) is 0 Å². The second-order valence-electron chi connectivity index (χ2n) is 7.97. The number of anilines is 1. The molecule has 10 heteroatoms. The Balaban J connectivity index is 1.85. The zero-order chi connectivity index (χ0) is 24.8. The van der Waals surface area contributed by atoms with Crippen molar-refractivity contribution in [1.29, 1.82) is 0 Å². The molecule has 182 valence electrons. The molecule has 34 heavy (non-hydrogen) atoms. The number of hydrogen-bond acceptors (Lipinski definition) is 10. The normalized spacial score (nSPS) is 21.8. The molecule has 0 spiro atoms. The van der Waals surface area contributed by atoms with E-state index < -0.39 is 41.7 Å². The van der Waals surface area contributed by atoms with E-state index in [9.17, 15) is 14.4 Å².